The quantitative estimate of drug-likeness (QED) is 0.129. The average Bonchev–Trinajstić information content (AvgIpc) is 3.68. The third-order valence-electron chi connectivity index (χ3n) is 13.0. The molecule has 0 N–H and O–H groups in total. The minimum absolute atomic E-state index is 0.0676. The summed E-state index contributed by atoms with van der Waals surface area (Å²) >= 11 is 0. The molecule has 0 atom stereocenters. The van der Waals surface area contributed by atoms with Gasteiger partial charge >= 0.3 is 0 Å². The van der Waals surface area contributed by atoms with E-state index in [-0.39, 0.29) is 10.8 Å². The number of furan rings is 1. The smallest absolute Gasteiger partial charge is 0.187 e. The molecule has 0 saturated carbocycles. The van der Waals surface area contributed by atoms with E-state index in [0.29, 0.717) is 23.2 Å². The third kappa shape index (κ3) is 6.26. The van der Waals surface area contributed by atoms with Crippen molar-refractivity contribution in [1.29, 1.82) is 0 Å². The Balaban J connectivity index is 1.13. The van der Waals surface area contributed by atoms with E-state index in [2.05, 4.69) is 136 Å². The maximum atomic E-state index is 7.39. The van der Waals surface area contributed by atoms with Crippen molar-refractivity contribution in [3.63, 3.8) is 0 Å². The molecule has 8 aromatic carbocycles. The molecule has 0 amide bonds. The normalized spacial score (nSPS) is 14.3. The van der Waals surface area contributed by atoms with E-state index in [0.717, 1.165) is 88.8 Å². The van der Waals surface area contributed by atoms with Crippen LogP contribution in [0.25, 0.3) is 105 Å². The van der Waals surface area contributed by atoms with Crippen LogP contribution >= 0.6 is 0 Å². The lowest BCUT2D eigenvalue weighted by molar-refractivity contribution is 0.332. The number of hydrogen-bond acceptors (Lipinski definition) is 4. The van der Waals surface area contributed by atoms with Crippen LogP contribution in [0.15, 0.2) is 162 Å². The van der Waals surface area contributed by atoms with Gasteiger partial charge in [-0.05, 0) is 109 Å². The molecule has 1 aliphatic carbocycles. The van der Waals surface area contributed by atoms with E-state index < -0.39 is 0 Å². The van der Waals surface area contributed by atoms with E-state index in [1.807, 2.05) is 54.6 Å². The second-order valence-corrected chi connectivity index (χ2v) is 17.8. The summed E-state index contributed by atoms with van der Waals surface area (Å²) in [5.74, 6) is 1.79. The molecule has 2 heterocycles. The predicted molar refractivity (Wildman–Crippen MR) is 251 cm³/mol. The van der Waals surface area contributed by atoms with E-state index in [1.165, 1.54) is 17.5 Å². The Morgan fingerprint density at radius 2 is 1.03 bits per heavy atom. The van der Waals surface area contributed by atoms with Crippen LogP contribution in [0.2, 0.25) is 0 Å². The van der Waals surface area contributed by atoms with Gasteiger partial charge in [0.15, 0.2) is 23.2 Å². The lowest BCUT2D eigenvalue weighted by Gasteiger charge is -2.42. The monoisotopic (exact) mass is 786 g/mol. The Bertz CT molecular complexity index is 3430. The van der Waals surface area contributed by atoms with Crippen molar-refractivity contribution in [1.82, 2.24) is 15.0 Å². The van der Waals surface area contributed by atoms with Gasteiger partial charge in [-0.1, -0.05) is 155 Å². The molecule has 0 bridgehead atoms. The minimum Gasteiger partial charge on any atom is -0.456 e. The number of aromatic nitrogens is 3. The van der Waals surface area contributed by atoms with Crippen molar-refractivity contribution in [2.24, 2.45) is 0 Å². The largest absolute Gasteiger partial charge is 0.456 e. The van der Waals surface area contributed by atoms with Gasteiger partial charge in [-0.2, -0.15) is 0 Å². The summed E-state index contributed by atoms with van der Waals surface area (Å²) in [7, 11) is 0. The van der Waals surface area contributed by atoms with E-state index in [4.69, 9.17) is 25.9 Å². The summed E-state index contributed by atoms with van der Waals surface area (Å²) in [5.41, 5.74) is 12.4. The zero-order valence-corrected chi connectivity index (χ0v) is 34.6. The highest BCUT2D eigenvalue weighted by atomic mass is 16.3. The Morgan fingerprint density at radius 1 is 0.459 bits per heavy atom. The summed E-state index contributed by atoms with van der Waals surface area (Å²) in [6, 6.07) is 55.1. The number of nitrogens with zero attached hydrogens (tertiary/aromatic N) is 4. The standard InChI is InChI=1S/C56H42N4O/c1-55(2)27-28-56(3,4)48-32-39(23-26-47(48)55)41-31-46(51-43-13-9-10-14-49(43)61-50(51)33-41)54-59-52(37-11-7-6-8-12-37)58-53(60-54)40-20-18-36-16-15-35-17-19-38(29-44(35)45(36)30-40)34-21-24-42(57-5)25-22-34/h6-26,29-33H,27-28H2,1-4H3. The number of fused-ring (bicyclic) bond motifs is 7. The van der Waals surface area contributed by atoms with E-state index in [1.54, 1.807) is 0 Å². The van der Waals surface area contributed by atoms with Gasteiger partial charge in [0.05, 0.1) is 6.57 Å². The Hall–Kier alpha value is -7.42. The lowest BCUT2D eigenvalue weighted by atomic mass is 9.63. The molecule has 5 heteroatoms. The number of hydrogen-bond donors (Lipinski definition) is 0. The highest BCUT2D eigenvalue weighted by Gasteiger charge is 2.37. The first-order valence-electron chi connectivity index (χ1n) is 21.0. The molecule has 0 aliphatic heterocycles. The Labute approximate surface area is 355 Å². The number of benzene rings is 8. The van der Waals surface area contributed by atoms with Gasteiger partial charge in [0.2, 0.25) is 0 Å². The summed E-state index contributed by atoms with van der Waals surface area (Å²) in [4.78, 5) is 19.4. The summed E-state index contributed by atoms with van der Waals surface area (Å²) in [6.07, 6.45) is 2.31. The van der Waals surface area contributed by atoms with Crippen LogP contribution in [0.5, 0.6) is 0 Å². The second kappa shape index (κ2) is 13.8. The van der Waals surface area contributed by atoms with Crippen molar-refractivity contribution in [2.45, 2.75) is 51.4 Å². The number of rotatable bonds is 5. The van der Waals surface area contributed by atoms with Crippen molar-refractivity contribution >= 4 is 49.2 Å². The van der Waals surface area contributed by atoms with Gasteiger partial charge in [0.1, 0.15) is 11.2 Å². The SMILES string of the molecule is [C-]#[N+]c1ccc(-c2ccc3ccc4ccc(-c5nc(-c6ccccc6)nc(-c6cc(-c7ccc8c(c7)C(C)(C)CCC8(C)C)cc7oc8ccccc8c67)n5)cc4c3c2)cc1. The van der Waals surface area contributed by atoms with Crippen molar-refractivity contribution in [3.8, 4) is 56.4 Å². The molecular weight excluding hydrogens is 745 g/mol. The molecule has 0 spiro atoms. The van der Waals surface area contributed by atoms with Gasteiger partial charge in [-0.3, -0.25) is 0 Å². The fourth-order valence-electron chi connectivity index (χ4n) is 9.40. The summed E-state index contributed by atoms with van der Waals surface area (Å²) in [6.45, 7) is 16.9. The van der Waals surface area contributed by atoms with Crippen LogP contribution in [0, 0.1) is 6.57 Å². The first-order chi connectivity index (χ1) is 29.6. The molecule has 292 valence electrons. The molecule has 0 radical (unpaired) electrons. The topological polar surface area (TPSA) is 56.2 Å². The van der Waals surface area contributed by atoms with Crippen molar-refractivity contribution < 1.29 is 4.42 Å². The van der Waals surface area contributed by atoms with Crippen LogP contribution in [0.1, 0.15) is 51.7 Å². The highest BCUT2D eigenvalue weighted by Crippen LogP contribution is 2.48. The van der Waals surface area contributed by atoms with Crippen LogP contribution in [-0.4, -0.2) is 15.0 Å². The molecule has 5 nitrogen and oxygen atoms in total. The third-order valence-corrected chi connectivity index (χ3v) is 13.0. The summed E-state index contributed by atoms with van der Waals surface area (Å²) in [5, 5.41) is 6.53. The van der Waals surface area contributed by atoms with Gasteiger partial charge in [0, 0.05) is 27.5 Å². The van der Waals surface area contributed by atoms with Crippen LogP contribution in [0.4, 0.5) is 5.69 Å². The second-order valence-electron chi connectivity index (χ2n) is 17.8. The first-order valence-corrected chi connectivity index (χ1v) is 21.0. The molecule has 0 fully saturated rings. The van der Waals surface area contributed by atoms with E-state index in [9.17, 15) is 0 Å². The predicted octanol–water partition coefficient (Wildman–Crippen LogP) is 15.3. The van der Waals surface area contributed by atoms with Gasteiger partial charge in [0.25, 0.3) is 0 Å². The molecule has 1 aliphatic rings. The van der Waals surface area contributed by atoms with E-state index >= 15 is 0 Å². The van der Waals surface area contributed by atoms with Crippen LogP contribution in [0.3, 0.4) is 0 Å². The Morgan fingerprint density at radius 3 is 1.77 bits per heavy atom. The molecule has 10 aromatic rings. The van der Waals surface area contributed by atoms with Crippen molar-refractivity contribution in [2.75, 3.05) is 0 Å². The molecule has 61 heavy (non-hydrogen) atoms. The minimum atomic E-state index is 0.0676. The van der Waals surface area contributed by atoms with Gasteiger partial charge in [-0.25, -0.2) is 19.8 Å². The fourth-order valence-corrected chi connectivity index (χ4v) is 9.40. The maximum absolute atomic E-state index is 7.39. The maximum Gasteiger partial charge on any atom is 0.187 e. The van der Waals surface area contributed by atoms with Gasteiger partial charge in [-0.15, -0.1) is 0 Å². The molecular formula is C56H42N4O. The van der Waals surface area contributed by atoms with Gasteiger partial charge < -0.3 is 4.42 Å². The number of para-hydroxylation sites is 1. The highest BCUT2D eigenvalue weighted by molar-refractivity contribution is 6.13. The lowest BCUT2D eigenvalue weighted by Crippen LogP contribution is -2.33. The Kier molecular flexibility index (Phi) is 8.31. The fraction of sp³-hybridized carbons (Fsp3) is 0.143. The average molecular weight is 787 g/mol. The summed E-state index contributed by atoms with van der Waals surface area (Å²) < 4.78 is 6.65. The molecule has 11 rings (SSSR count). The zero-order valence-electron chi connectivity index (χ0n) is 34.6. The molecule has 2 aromatic heterocycles. The van der Waals surface area contributed by atoms with Crippen LogP contribution in [-0.2, 0) is 10.8 Å². The van der Waals surface area contributed by atoms with Crippen molar-refractivity contribution in [3.05, 3.63) is 180 Å². The molecule has 0 unspecified atom stereocenters. The molecule has 0 saturated heterocycles. The zero-order chi connectivity index (χ0) is 41.5. The first kappa shape index (κ1) is 36.6. The van der Waals surface area contributed by atoms with Crippen LogP contribution < -0.4 is 0 Å².